The molecule has 1 aromatic carbocycles. The number of rotatable bonds is 5. The van der Waals surface area contributed by atoms with E-state index in [1.54, 1.807) is 29.2 Å². The maximum atomic E-state index is 12.2. The van der Waals surface area contributed by atoms with E-state index in [1.807, 2.05) is 18.0 Å². The van der Waals surface area contributed by atoms with E-state index in [0.717, 1.165) is 17.0 Å². The van der Waals surface area contributed by atoms with Crippen molar-refractivity contribution in [3.05, 3.63) is 56.7 Å². The number of carbonyl (C=O) groups excluding carboxylic acids is 1. The van der Waals surface area contributed by atoms with Crippen LogP contribution in [0.1, 0.15) is 11.1 Å². The van der Waals surface area contributed by atoms with Gasteiger partial charge in [0.25, 0.3) is 0 Å². The van der Waals surface area contributed by atoms with Gasteiger partial charge in [0.15, 0.2) is 5.82 Å². The van der Waals surface area contributed by atoms with Gasteiger partial charge in [-0.1, -0.05) is 40.9 Å². The lowest BCUT2D eigenvalue weighted by molar-refractivity contribution is 0.119. The minimum atomic E-state index is -0.422. The summed E-state index contributed by atoms with van der Waals surface area (Å²) in [4.78, 5) is 24.6. The molecular weight excluding hydrogens is 423 g/mol. The van der Waals surface area contributed by atoms with E-state index in [-0.39, 0.29) is 0 Å². The zero-order valence-corrected chi connectivity index (χ0v) is 17.7. The third-order valence-corrected chi connectivity index (χ3v) is 5.03. The van der Waals surface area contributed by atoms with Crippen molar-refractivity contribution in [2.24, 2.45) is 4.99 Å². The Morgan fingerprint density at radius 2 is 1.86 bits per heavy atom. The van der Waals surface area contributed by atoms with Crippen LogP contribution in [0.3, 0.4) is 0 Å². The molecule has 2 aromatic rings. The van der Waals surface area contributed by atoms with Gasteiger partial charge in [-0.15, -0.1) is 0 Å². The Morgan fingerprint density at radius 3 is 2.54 bits per heavy atom. The largest absolute Gasteiger partial charge is 0.453 e. The van der Waals surface area contributed by atoms with Gasteiger partial charge in [0, 0.05) is 48.7 Å². The van der Waals surface area contributed by atoms with Crippen LogP contribution in [0.15, 0.2) is 35.3 Å². The van der Waals surface area contributed by atoms with Gasteiger partial charge in [-0.3, -0.25) is 0 Å². The van der Waals surface area contributed by atoms with Crippen LogP contribution in [0, 0.1) is 0 Å². The molecule has 1 aliphatic heterocycles. The van der Waals surface area contributed by atoms with Crippen LogP contribution in [0.2, 0.25) is 15.2 Å². The predicted molar refractivity (Wildman–Crippen MR) is 112 cm³/mol. The smallest absolute Gasteiger partial charge is 0.409 e. The Kier molecular flexibility index (Phi) is 6.65. The van der Waals surface area contributed by atoms with Crippen molar-refractivity contribution in [3.8, 4) is 0 Å². The fraction of sp³-hybridized carbons (Fsp3) is 0.316. The summed E-state index contributed by atoms with van der Waals surface area (Å²) in [5.41, 5.74) is 1.86. The fourth-order valence-corrected chi connectivity index (χ4v) is 3.64. The number of likely N-dealkylation sites (N-methyl/N-ethyl adjacent to an activating group) is 1. The van der Waals surface area contributed by atoms with Crippen LogP contribution in [0.25, 0.3) is 0 Å². The number of nitrogens with zero attached hydrogens (tertiary/aromatic N) is 4. The molecule has 6 nitrogen and oxygen atoms in total. The number of hydrogen-bond donors (Lipinski definition) is 0. The first-order valence-electron chi connectivity index (χ1n) is 8.57. The van der Waals surface area contributed by atoms with E-state index < -0.39 is 6.09 Å². The second-order valence-corrected chi connectivity index (χ2v) is 7.67. The molecule has 1 aromatic heterocycles. The molecule has 3 rings (SSSR count). The Balaban J connectivity index is 1.65. The summed E-state index contributed by atoms with van der Waals surface area (Å²) >= 11 is 18.0. The van der Waals surface area contributed by atoms with Crippen molar-refractivity contribution < 1.29 is 9.53 Å². The van der Waals surface area contributed by atoms with Gasteiger partial charge >= 0.3 is 6.09 Å². The second-order valence-electron chi connectivity index (χ2n) is 6.41. The summed E-state index contributed by atoms with van der Waals surface area (Å²) in [7, 11) is 3.29. The molecule has 2 heterocycles. The zero-order chi connectivity index (χ0) is 20.3. The molecule has 28 heavy (non-hydrogen) atoms. The van der Waals surface area contributed by atoms with E-state index in [4.69, 9.17) is 39.5 Å². The van der Waals surface area contributed by atoms with Gasteiger partial charge < -0.3 is 14.5 Å². The monoisotopic (exact) mass is 440 g/mol. The first-order valence-corrected chi connectivity index (χ1v) is 9.71. The van der Waals surface area contributed by atoms with E-state index in [1.165, 1.54) is 7.11 Å². The van der Waals surface area contributed by atoms with E-state index in [2.05, 4.69) is 9.98 Å². The highest BCUT2D eigenvalue weighted by molar-refractivity contribution is 6.34. The first-order chi connectivity index (χ1) is 13.4. The number of aliphatic imine (C=N–C) groups is 1. The Morgan fingerprint density at radius 1 is 1.14 bits per heavy atom. The van der Waals surface area contributed by atoms with Gasteiger partial charge in [0.2, 0.25) is 0 Å². The molecule has 0 radical (unpaired) electrons. The van der Waals surface area contributed by atoms with Crippen LogP contribution < -0.4 is 0 Å². The number of amidine groups is 1. The number of methoxy groups -OCH3 is 1. The second kappa shape index (κ2) is 8.99. The SMILES string of the molecule is COC(=O)N(CCN(C)C1=Nc2nc(Cl)ccc2C1)Cc1cc(Cl)cc(Cl)c1. The molecule has 0 bridgehead atoms. The average Bonchev–Trinajstić information content (AvgIpc) is 3.06. The molecule has 0 spiro atoms. The standard InChI is InChI=1S/C19H19Cl3N4O2/c1-25(17-9-13-3-4-16(22)23-18(13)24-17)5-6-26(19(27)28-2)11-12-7-14(20)10-15(21)8-12/h3-4,7-8,10H,5-6,9,11H2,1-2H3. The molecule has 1 amide bonds. The number of amides is 1. The normalized spacial score (nSPS) is 12.4. The van der Waals surface area contributed by atoms with Gasteiger partial charge in [-0.2, -0.15) is 0 Å². The summed E-state index contributed by atoms with van der Waals surface area (Å²) in [5.74, 6) is 1.52. The lowest BCUT2D eigenvalue weighted by Gasteiger charge is -2.25. The number of hydrogen-bond acceptors (Lipinski definition) is 5. The minimum absolute atomic E-state index is 0.338. The zero-order valence-electron chi connectivity index (χ0n) is 15.5. The van der Waals surface area contributed by atoms with Crippen molar-refractivity contribution >= 4 is 52.5 Å². The summed E-state index contributed by atoms with van der Waals surface area (Å²) in [6, 6.07) is 8.89. The van der Waals surface area contributed by atoms with E-state index in [0.29, 0.717) is 47.1 Å². The molecule has 0 fully saturated rings. The number of ether oxygens (including phenoxy) is 1. The van der Waals surface area contributed by atoms with Crippen molar-refractivity contribution in [2.75, 3.05) is 27.2 Å². The predicted octanol–water partition coefficient (Wildman–Crippen LogP) is 4.83. The average molecular weight is 442 g/mol. The van der Waals surface area contributed by atoms with Gasteiger partial charge in [0.1, 0.15) is 11.0 Å². The van der Waals surface area contributed by atoms with Crippen LogP contribution >= 0.6 is 34.8 Å². The minimum Gasteiger partial charge on any atom is -0.453 e. The van der Waals surface area contributed by atoms with Gasteiger partial charge in [-0.05, 0) is 29.8 Å². The highest BCUT2D eigenvalue weighted by Gasteiger charge is 2.21. The molecule has 0 saturated carbocycles. The van der Waals surface area contributed by atoms with E-state index >= 15 is 0 Å². The molecule has 0 atom stereocenters. The van der Waals surface area contributed by atoms with Crippen LogP contribution in [0.5, 0.6) is 0 Å². The topological polar surface area (TPSA) is 58.0 Å². The van der Waals surface area contributed by atoms with E-state index in [9.17, 15) is 4.79 Å². The van der Waals surface area contributed by atoms with Crippen LogP contribution in [-0.4, -0.2) is 54.0 Å². The van der Waals surface area contributed by atoms with Crippen molar-refractivity contribution in [2.45, 2.75) is 13.0 Å². The number of benzene rings is 1. The molecule has 0 saturated heterocycles. The Labute approximate surface area is 178 Å². The van der Waals surface area contributed by atoms with Crippen molar-refractivity contribution in [1.82, 2.24) is 14.8 Å². The summed E-state index contributed by atoms with van der Waals surface area (Å²) < 4.78 is 4.91. The maximum Gasteiger partial charge on any atom is 0.409 e. The molecule has 1 aliphatic rings. The quantitative estimate of drug-likeness (QED) is 0.624. The van der Waals surface area contributed by atoms with Crippen molar-refractivity contribution in [3.63, 3.8) is 0 Å². The molecule has 0 unspecified atom stereocenters. The first kappa shape index (κ1) is 20.7. The number of aromatic nitrogens is 1. The molecule has 9 heteroatoms. The molecule has 148 valence electrons. The third kappa shape index (κ3) is 5.07. The number of carbonyl (C=O) groups is 1. The number of fused-ring (bicyclic) bond motifs is 1. The number of pyridine rings is 1. The van der Waals surface area contributed by atoms with Gasteiger partial charge in [-0.25, -0.2) is 14.8 Å². The summed E-state index contributed by atoms with van der Waals surface area (Å²) in [6.45, 7) is 1.35. The molecule has 0 N–H and O–H groups in total. The van der Waals surface area contributed by atoms with Gasteiger partial charge in [0.05, 0.1) is 7.11 Å². The highest BCUT2D eigenvalue weighted by atomic mass is 35.5. The summed E-state index contributed by atoms with van der Waals surface area (Å²) in [6.07, 6.45) is 0.257. The maximum absolute atomic E-state index is 12.2. The van der Waals surface area contributed by atoms with Crippen molar-refractivity contribution in [1.29, 1.82) is 0 Å². The third-order valence-electron chi connectivity index (χ3n) is 4.38. The molecular formula is C19H19Cl3N4O2. The lowest BCUT2D eigenvalue weighted by atomic mass is 10.2. The summed E-state index contributed by atoms with van der Waals surface area (Å²) in [5, 5.41) is 1.46. The van der Waals surface area contributed by atoms with Crippen LogP contribution in [0.4, 0.5) is 10.6 Å². The fourth-order valence-electron chi connectivity index (χ4n) is 2.93. The lowest BCUT2D eigenvalue weighted by Crippen LogP contribution is -2.39. The Bertz CT molecular complexity index is 900. The highest BCUT2D eigenvalue weighted by Crippen LogP contribution is 2.27. The number of halogens is 3. The molecule has 0 aliphatic carbocycles. The van der Waals surface area contributed by atoms with Crippen LogP contribution in [-0.2, 0) is 17.7 Å². The Hall–Kier alpha value is -2.02.